The van der Waals surface area contributed by atoms with Crippen LogP contribution >= 0.6 is 0 Å². The SMILES string of the molecule is C/C=C(/OB(C[C@H]1C[C@H](C)CC[C@H]1C(C)C)C[C@H]1C[C@H](C)CC[C@H]1C(C)C)c1ccccc1. The van der Waals surface area contributed by atoms with Crippen molar-refractivity contribution in [1.82, 2.24) is 0 Å². The van der Waals surface area contributed by atoms with E-state index in [1.165, 1.54) is 56.7 Å². The predicted octanol–water partition coefficient (Wildman–Crippen LogP) is 9.47. The number of allylic oxidation sites excluding steroid dienone is 1. The largest absolute Gasteiger partial charge is 0.561 e. The number of hydrogen-bond acceptors (Lipinski definition) is 1. The van der Waals surface area contributed by atoms with Crippen molar-refractivity contribution in [3.05, 3.63) is 42.0 Å². The molecule has 2 aliphatic carbocycles. The predicted molar refractivity (Wildman–Crippen MR) is 146 cm³/mol. The molecule has 2 aliphatic rings. The van der Waals surface area contributed by atoms with Gasteiger partial charge in [-0.25, -0.2) is 0 Å². The topological polar surface area (TPSA) is 9.23 Å². The van der Waals surface area contributed by atoms with Crippen LogP contribution in [0.25, 0.3) is 5.76 Å². The second-order valence-electron chi connectivity index (χ2n) is 12.4. The lowest BCUT2D eigenvalue weighted by atomic mass is 9.48. The molecule has 0 aliphatic heterocycles. The molecule has 0 saturated heterocycles. The summed E-state index contributed by atoms with van der Waals surface area (Å²) >= 11 is 0. The standard InChI is InChI=1S/C31H51BO/c1-8-31(26-12-10-9-11-13-26)33-32(20-27-18-24(6)14-16-29(27)22(2)3)21-28-19-25(7)15-17-30(28)23(4)5/h8-13,22-25,27-30H,14-21H2,1-7H3/b31-8+/t24-,25-,27-,28-,29+,30+/m1/s1. The van der Waals surface area contributed by atoms with Crippen LogP contribution in [0.4, 0.5) is 0 Å². The summed E-state index contributed by atoms with van der Waals surface area (Å²) in [5.41, 5.74) is 1.22. The van der Waals surface area contributed by atoms with Crippen molar-refractivity contribution in [3.8, 4) is 0 Å². The van der Waals surface area contributed by atoms with Gasteiger partial charge in [0.05, 0.1) is 0 Å². The number of benzene rings is 1. The highest BCUT2D eigenvalue weighted by Gasteiger charge is 2.39. The second-order valence-corrected chi connectivity index (χ2v) is 12.4. The Kier molecular flexibility index (Phi) is 10.0. The average molecular weight is 451 g/mol. The van der Waals surface area contributed by atoms with Gasteiger partial charge < -0.3 is 4.65 Å². The van der Waals surface area contributed by atoms with Crippen LogP contribution in [0.1, 0.15) is 92.6 Å². The van der Waals surface area contributed by atoms with E-state index in [1.54, 1.807) is 0 Å². The Morgan fingerprint density at radius 3 is 1.76 bits per heavy atom. The first kappa shape index (κ1) is 26.4. The maximum atomic E-state index is 6.98. The zero-order valence-electron chi connectivity index (χ0n) is 22.7. The molecule has 0 unspecified atom stereocenters. The molecule has 0 amide bonds. The normalized spacial score (nSPS) is 31.1. The Morgan fingerprint density at radius 2 is 1.33 bits per heavy atom. The minimum Gasteiger partial charge on any atom is -0.561 e. The van der Waals surface area contributed by atoms with E-state index in [1.807, 2.05) is 0 Å². The van der Waals surface area contributed by atoms with E-state index in [9.17, 15) is 0 Å². The van der Waals surface area contributed by atoms with Crippen LogP contribution in [-0.2, 0) is 4.65 Å². The van der Waals surface area contributed by atoms with Crippen LogP contribution in [0.2, 0.25) is 12.6 Å². The average Bonchev–Trinajstić information content (AvgIpc) is 2.77. The van der Waals surface area contributed by atoms with Gasteiger partial charge in [0.25, 0.3) is 0 Å². The van der Waals surface area contributed by atoms with Gasteiger partial charge in [-0.15, -0.1) is 0 Å². The smallest absolute Gasteiger partial charge is 0.358 e. The van der Waals surface area contributed by atoms with Crippen molar-refractivity contribution in [1.29, 1.82) is 0 Å². The molecule has 184 valence electrons. The van der Waals surface area contributed by atoms with Gasteiger partial charge in [0.1, 0.15) is 5.76 Å². The van der Waals surface area contributed by atoms with Gasteiger partial charge in [0.2, 0.25) is 0 Å². The first-order valence-electron chi connectivity index (χ1n) is 14.2. The summed E-state index contributed by atoms with van der Waals surface area (Å²) in [4.78, 5) is 0. The van der Waals surface area contributed by atoms with E-state index in [0.29, 0.717) is 6.92 Å². The summed E-state index contributed by atoms with van der Waals surface area (Å²) in [6.07, 6.45) is 13.0. The molecule has 0 bridgehead atoms. The molecule has 0 N–H and O–H groups in total. The number of hydrogen-bond donors (Lipinski definition) is 0. The second kappa shape index (κ2) is 12.5. The van der Waals surface area contributed by atoms with Crippen molar-refractivity contribution in [3.63, 3.8) is 0 Å². The molecule has 0 aromatic heterocycles. The molecule has 1 aromatic carbocycles. The molecule has 6 atom stereocenters. The number of rotatable bonds is 9. The van der Waals surface area contributed by atoms with E-state index in [-0.39, 0.29) is 0 Å². The lowest BCUT2D eigenvalue weighted by Gasteiger charge is -2.41. The van der Waals surface area contributed by atoms with E-state index in [0.717, 1.165) is 53.1 Å². The fourth-order valence-electron chi connectivity index (χ4n) is 7.29. The van der Waals surface area contributed by atoms with Crippen LogP contribution in [0.15, 0.2) is 36.4 Å². The molecule has 1 nitrogen and oxygen atoms in total. The van der Waals surface area contributed by atoms with Crippen LogP contribution in [0, 0.1) is 47.3 Å². The monoisotopic (exact) mass is 450 g/mol. The maximum Gasteiger partial charge on any atom is 0.358 e. The minimum atomic E-state index is 0.324. The fraction of sp³-hybridized carbons (Fsp3) is 0.742. The lowest BCUT2D eigenvalue weighted by molar-refractivity contribution is 0.147. The summed E-state index contributed by atoms with van der Waals surface area (Å²) in [7, 11) is 0. The van der Waals surface area contributed by atoms with Crippen LogP contribution in [-0.4, -0.2) is 6.92 Å². The highest BCUT2D eigenvalue weighted by Crippen LogP contribution is 2.45. The molecule has 3 rings (SSSR count). The van der Waals surface area contributed by atoms with Gasteiger partial charge in [-0.05, 0) is 98.7 Å². The van der Waals surface area contributed by atoms with Crippen molar-refractivity contribution in [2.24, 2.45) is 47.3 Å². The molecular formula is C31H51BO. The maximum absolute atomic E-state index is 6.98. The van der Waals surface area contributed by atoms with Crippen LogP contribution < -0.4 is 0 Å². The van der Waals surface area contributed by atoms with Gasteiger partial charge in [0.15, 0.2) is 0 Å². The first-order chi connectivity index (χ1) is 15.8. The van der Waals surface area contributed by atoms with Crippen molar-refractivity contribution >= 4 is 12.7 Å². The third-order valence-corrected chi connectivity index (χ3v) is 9.06. The molecule has 0 spiro atoms. The molecule has 2 fully saturated rings. The molecule has 2 saturated carbocycles. The van der Waals surface area contributed by atoms with Gasteiger partial charge >= 0.3 is 6.92 Å². The molecular weight excluding hydrogens is 399 g/mol. The Labute approximate surface area is 206 Å². The third kappa shape index (κ3) is 7.40. The zero-order valence-corrected chi connectivity index (χ0v) is 22.7. The molecule has 1 aromatic rings. The van der Waals surface area contributed by atoms with E-state index < -0.39 is 0 Å². The lowest BCUT2D eigenvalue weighted by Crippen LogP contribution is -2.36. The quantitative estimate of drug-likeness (QED) is 0.269. The van der Waals surface area contributed by atoms with Crippen LogP contribution in [0.5, 0.6) is 0 Å². The zero-order chi connectivity index (χ0) is 24.0. The summed E-state index contributed by atoms with van der Waals surface area (Å²) < 4.78 is 6.98. The van der Waals surface area contributed by atoms with Gasteiger partial charge in [0, 0.05) is 5.56 Å². The van der Waals surface area contributed by atoms with E-state index >= 15 is 0 Å². The molecule has 0 heterocycles. The fourth-order valence-corrected chi connectivity index (χ4v) is 7.29. The molecule has 2 heteroatoms. The molecule has 0 radical (unpaired) electrons. The van der Waals surface area contributed by atoms with Crippen molar-refractivity contribution in [2.45, 2.75) is 99.6 Å². The van der Waals surface area contributed by atoms with Gasteiger partial charge in [-0.1, -0.05) is 84.7 Å². The summed E-state index contributed by atoms with van der Waals surface area (Å²) in [6.45, 7) is 17.2. The Morgan fingerprint density at radius 1 is 0.848 bits per heavy atom. The van der Waals surface area contributed by atoms with E-state index in [2.05, 4.69) is 84.9 Å². The van der Waals surface area contributed by atoms with Crippen molar-refractivity contribution in [2.75, 3.05) is 0 Å². The highest BCUT2D eigenvalue weighted by molar-refractivity contribution is 6.53. The Balaban J connectivity index is 1.83. The van der Waals surface area contributed by atoms with E-state index in [4.69, 9.17) is 4.65 Å². The Bertz CT molecular complexity index is 690. The van der Waals surface area contributed by atoms with Gasteiger partial charge in [-0.3, -0.25) is 0 Å². The minimum absolute atomic E-state index is 0.324. The highest BCUT2D eigenvalue weighted by atomic mass is 16.4. The molecule has 33 heavy (non-hydrogen) atoms. The van der Waals surface area contributed by atoms with Crippen molar-refractivity contribution < 1.29 is 4.65 Å². The third-order valence-electron chi connectivity index (χ3n) is 9.06. The summed E-state index contributed by atoms with van der Waals surface area (Å²) in [5.74, 6) is 7.65. The van der Waals surface area contributed by atoms with Crippen LogP contribution in [0.3, 0.4) is 0 Å². The summed E-state index contributed by atoms with van der Waals surface area (Å²) in [6, 6.07) is 10.8. The first-order valence-corrected chi connectivity index (χ1v) is 14.2. The van der Waals surface area contributed by atoms with Gasteiger partial charge in [-0.2, -0.15) is 0 Å². The summed E-state index contributed by atoms with van der Waals surface area (Å²) in [5, 5.41) is 0. The Hall–Kier alpha value is -1.18.